The number of nitrogens with one attached hydrogen (secondary N) is 3. The zero-order chi connectivity index (χ0) is 17.9. The van der Waals surface area contributed by atoms with Crippen LogP contribution in [0.15, 0.2) is 41.6 Å². The van der Waals surface area contributed by atoms with E-state index in [0.717, 1.165) is 11.4 Å². The van der Waals surface area contributed by atoms with E-state index in [9.17, 15) is 13.5 Å². The highest BCUT2D eigenvalue weighted by Crippen LogP contribution is 2.16. The summed E-state index contributed by atoms with van der Waals surface area (Å²) in [5.74, 6) is 0.760. The number of benzene rings is 1. The minimum Gasteiger partial charge on any atom is -0.389 e. The molecule has 9 heteroatoms. The Hall–Kier alpha value is -1.78. The third-order valence-corrected chi connectivity index (χ3v) is 5.61. The summed E-state index contributed by atoms with van der Waals surface area (Å²) < 4.78 is 32.6. The number of rotatable bonds is 7. The number of aliphatic hydroxyl groups is 1. The Kier molecular flexibility index (Phi) is 5.50. The first-order valence-corrected chi connectivity index (χ1v) is 9.52. The van der Waals surface area contributed by atoms with Gasteiger partial charge in [-0.2, -0.15) is 0 Å². The fourth-order valence-corrected chi connectivity index (χ4v) is 3.70. The normalized spacial score (nSPS) is 23.8. The summed E-state index contributed by atoms with van der Waals surface area (Å²) in [6.45, 7) is 2.68. The van der Waals surface area contributed by atoms with E-state index in [1.807, 2.05) is 6.92 Å². The zero-order valence-electron chi connectivity index (χ0n) is 13.8. The molecule has 2 heterocycles. The Morgan fingerprint density at radius 3 is 2.80 bits per heavy atom. The smallest absolute Gasteiger partial charge is 0.240 e. The van der Waals surface area contributed by atoms with Crippen LogP contribution in [-0.4, -0.2) is 54.9 Å². The summed E-state index contributed by atoms with van der Waals surface area (Å²) in [4.78, 5) is 7.26. The maximum Gasteiger partial charge on any atom is 0.240 e. The van der Waals surface area contributed by atoms with Crippen LogP contribution in [0.1, 0.15) is 11.4 Å². The average Bonchev–Trinajstić information content (AvgIpc) is 3.22. The van der Waals surface area contributed by atoms with Crippen molar-refractivity contribution in [1.29, 1.82) is 0 Å². The number of hydrogen-bond acceptors (Lipinski definition) is 6. The number of aromatic nitrogens is 2. The first-order chi connectivity index (χ1) is 12.0. The number of aryl methyl sites for hydroxylation is 1. The number of ether oxygens (including phenoxy) is 1. The third-order valence-electron chi connectivity index (χ3n) is 4.18. The van der Waals surface area contributed by atoms with E-state index in [1.165, 1.54) is 0 Å². The van der Waals surface area contributed by atoms with Crippen LogP contribution in [-0.2, 0) is 21.3 Å². The van der Waals surface area contributed by atoms with Gasteiger partial charge >= 0.3 is 0 Å². The summed E-state index contributed by atoms with van der Waals surface area (Å²) in [6, 6.07) is 6.31. The van der Waals surface area contributed by atoms with Gasteiger partial charge in [-0.15, -0.1) is 0 Å². The van der Waals surface area contributed by atoms with Gasteiger partial charge in [0.1, 0.15) is 5.82 Å². The molecule has 1 aliphatic rings. The lowest BCUT2D eigenvalue weighted by atomic mass is 10.1. The van der Waals surface area contributed by atoms with Crippen molar-refractivity contribution < 1.29 is 18.3 Å². The molecule has 0 spiro atoms. The molecule has 3 atom stereocenters. The second-order valence-electron chi connectivity index (χ2n) is 6.05. The molecule has 0 aliphatic carbocycles. The Balaban J connectivity index is 1.52. The minimum absolute atomic E-state index is 0.0102. The average molecular weight is 366 g/mol. The molecule has 1 aromatic heterocycles. The van der Waals surface area contributed by atoms with Gasteiger partial charge in [-0.3, -0.25) is 0 Å². The molecule has 1 saturated heterocycles. The SMILES string of the molecule is Cc1ccc(S(=O)(=O)NC[C@H]2OC[C@@H](NCc3ncc[nH]3)[C@@H]2O)cc1. The Morgan fingerprint density at radius 1 is 1.36 bits per heavy atom. The van der Waals surface area contributed by atoms with Crippen molar-refractivity contribution in [2.75, 3.05) is 13.2 Å². The lowest BCUT2D eigenvalue weighted by Crippen LogP contribution is -2.44. The predicted molar refractivity (Wildman–Crippen MR) is 91.3 cm³/mol. The van der Waals surface area contributed by atoms with Crippen molar-refractivity contribution in [2.24, 2.45) is 0 Å². The van der Waals surface area contributed by atoms with Crippen LogP contribution in [0.25, 0.3) is 0 Å². The van der Waals surface area contributed by atoms with E-state index in [2.05, 4.69) is 20.0 Å². The number of aromatic amines is 1. The predicted octanol–water partition coefficient (Wildman–Crippen LogP) is -0.0855. The maximum absolute atomic E-state index is 12.3. The van der Waals surface area contributed by atoms with Crippen LogP contribution in [0.5, 0.6) is 0 Å². The lowest BCUT2D eigenvalue weighted by Gasteiger charge is -2.18. The van der Waals surface area contributed by atoms with E-state index in [-0.39, 0.29) is 17.5 Å². The van der Waals surface area contributed by atoms with E-state index in [0.29, 0.717) is 13.2 Å². The number of hydrogen-bond donors (Lipinski definition) is 4. The molecule has 4 N–H and O–H groups in total. The van der Waals surface area contributed by atoms with Gasteiger partial charge in [-0.1, -0.05) is 17.7 Å². The van der Waals surface area contributed by atoms with Crippen molar-refractivity contribution in [3.63, 3.8) is 0 Å². The van der Waals surface area contributed by atoms with E-state index in [1.54, 1.807) is 36.7 Å². The van der Waals surface area contributed by atoms with Crippen molar-refractivity contribution in [3.05, 3.63) is 48.0 Å². The molecule has 3 rings (SSSR count). The monoisotopic (exact) mass is 366 g/mol. The Bertz CT molecular complexity index is 777. The van der Waals surface area contributed by atoms with Crippen LogP contribution < -0.4 is 10.0 Å². The van der Waals surface area contributed by atoms with E-state index < -0.39 is 22.2 Å². The van der Waals surface area contributed by atoms with Gasteiger partial charge in [0.15, 0.2) is 0 Å². The summed E-state index contributed by atoms with van der Waals surface area (Å²) in [6.07, 6.45) is 1.97. The largest absolute Gasteiger partial charge is 0.389 e. The number of nitrogens with zero attached hydrogens (tertiary/aromatic N) is 1. The molecule has 25 heavy (non-hydrogen) atoms. The summed E-state index contributed by atoms with van der Waals surface area (Å²) in [7, 11) is -3.63. The van der Waals surface area contributed by atoms with Gasteiger partial charge in [0.05, 0.1) is 36.3 Å². The summed E-state index contributed by atoms with van der Waals surface area (Å²) in [5.41, 5.74) is 0.985. The summed E-state index contributed by atoms with van der Waals surface area (Å²) in [5, 5.41) is 13.5. The van der Waals surface area contributed by atoms with Gasteiger partial charge in [0, 0.05) is 18.9 Å². The molecule has 0 radical (unpaired) electrons. The van der Waals surface area contributed by atoms with Gasteiger partial charge in [-0.25, -0.2) is 18.1 Å². The number of H-pyrrole nitrogens is 1. The fraction of sp³-hybridized carbons (Fsp3) is 0.438. The van der Waals surface area contributed by atoms with Gasteiger partial charge in [-0.05, 0) is 19.1 Å². The number of aliphatic hydroxyl groups excluding tert-OH is 1. The van der Waals surface area contributed by atoms with Crippen molar-refractivity contribution in [3.8, 4) is 0 Å². The van der Waals surface area contributed by atoms with Crippen LogP contribution in [0.2, 0.25) is 0 Å². The first kappa shape index (κ1) is 18.0. The van der Waals surface area contributed by atoms with Crippen LogP contribution in [0.3, 0.4) is 0 Å². The third kappa shape index (κ3) is 4.44. The fourth-order valence-electron chi connectivity index (χ4n) is 2.66. The molecule has 0 unspecified atom stereocenters. The molecule has 2 aromatic rings. The molecule has 0 amide bonds. The molecule has 0 saturated carbocycles. The minimum atomic E-state index is -3.63. The van der Waals surface area contributed by atoms with Gasteiger partial charge < -0.3 is 20.1 Å². The highest BCUT2D eigenvalue weighted by Gasteiger charge is 2.36. The molecule has 136 valence electrons. The van der Waals surface area contributed by atoms with E-state index in [4.69, 9.17) is 4.74 Å². The molecule has 8 nitrogen and oxygen atoms in total. The first-order valence-electron chi connectivity index (χ1n) is 8.03. The highest BCUT2D eigenvalue weighted by molar-refractivity contribution is 7.89. The molecular weight excluding hydrogens is 344 g/mol. The van der Waals surface area contributed by atoms with Gasteiger partial charge in [0.2, 0.25) is 10.0 Å². The second kappa shape index (κ2) is 7.63. The maximum atomic E-state index is 12.3. The highest BCUT2D eigenvalue weighted by atomic mass is 32.2. The zero-order valence-corrected chi connectivity index (χ0v) is 14.7. The topological polar surface area (TPSA) is 116 Å². The standard InChI is InChI=1S/C16H22N4O4S/c1-11-2-4-12(5-3-11)25(22,23)20-8-14-16(21)13(10-24-14)19-9-15-17-6-7-18-15/h2-7,13-14,16,19-21H,8-10H2,1H3,(H,17,18)/t13-,14-,16+/m1/s1. The molecule has 1 aromatic carbocycles. The van der Waals surface area contributed by atoms with Gasteiger partial charge in [0.25, 0.3) is 0 Å². The lowest BCUT2D eigenvalue weighted by molar-refractivity contribution is 0.0443. The van der Waals surface area contributed by atoms with Crippen molar-refractivity contribution in [2.45, 2.75) is 36.6 Å². The van der Waals surface area contributed by atoms with Crippen molar-refractivity contribution >= 4 is 10.0 Å². The van der Waals surface area contributed by atoms with E-state index >= 15 is 0 Å². The quantitative estimate of drug-likeness (QED) is 0.544. The van der Waals surface area contributed by atoms with Crippen LogP contribution >= 0.6 is 0 Å². The molecule has 1 fully saturated rings. The number of sulfonamides is 1. The van der Waals surface area contributed by atoms with Crippen molar-refractivity contribution in [1.82, 2.24) is 20.0 Å². The molecule has 1 aliphatic heterocycles. The van der Waals surface area contributed by atoms with Crippen LogP contribution in [0.4, 0.5) is 0 Å². The van der Waals surface area contributed by atoms with Crippen LogP contribution in [0, 0.1) is 6.92 Å². The second-order valence-corrected chi connectivity index (χ2v) is 7.82. The number of imidazole rings is 1. The molecular formula is C16H22N4O4S. The Morgan fingerprint density at radius 2 is 2.12 bits per heavy atom. The molecule has 0 bridgehead atoms. The summed E-state index contributed by atoms with van der Waals surface area (Å²) >= 11 is 0. The Labute approximate surface area is 146 Å².